The van der Waals surface area contributed by atoms with Crippen molar-refractivity contribution in [1.82, 2.24) is 42.1 Å². The lowest BCUT2D eigenvalue weighted by Gasteiger charge is -2.48. The van der Waals surface area contributed by atoms with Crippen molar-refractivity contribution in [3.8, 4) is 0 Å². The molecule has 14 unspecified atom stereocenters. The van der Waals surface area contributed by atoms with Crippen LogP contribution in [0, 0.1) is 0 Å². The van der Waals surface area contributed by atoms with Gasteiger partial charge in [0.2, 0.25) is 47.3 Å². The second-order valence-corrected chi connectivity index (χ2v) is 30.6. The highest BCUT2D eigenvalue weighted by atomic mass is 31.2. The molecule has 37 nitrogen and oxygen atoms in total. The highest BCUT2D eigenvalue weighted by molar-refractivity contribution is 7.51. The van der Waals surface area contributed by atoms with Crippen LogP contribution in [0.25, 0.3) is 0 Å². The van der Waals surface area contributed by atoms with Crippen LogP contribution in [0.4, 0.5) is 0 Å². The zero-order chi connectivity index (χ0) is 79.5. The normalized spacial score (nSPS) is 25.7. The highest BCUT2D eigenvalue weighted by Crippen LogP contribution is 2.38. The summed E-state index contributed by atoms with van der Waals surface area (Å²) in [5.41, 5.74) is 0. The first-order valence-corrected chi connectivity index (χ1v) is 41.7. The molecule has 38 heteroatoms. The van der Waals surface area contributed by atoms with Crippen LogP contribution in [0.2, 0.25) is 0 Å². The number of likely N-dealkylation sites (tertiary alicyclic amines) is 1. The maximum absolute atomic E-state index is 13.9. The lowest BCUT2D eigenvalue weighted by Crippen LogP contribution is -2.65. The number of hydrogen-bond donors (Lipinski definition) is 14. The summed E-state index contributed by atoms with van der Waals surface area (Å²) in [4.78, 5) is 116. The summed E-state index contributed by atoms with van der Waals surface area (Å²) in [6.07, 6.45) is 1.21. The van der Waals surface area contributed by atoms with Crippen molar-refractivity contribution < 1.29 is 140 Å². The van der Waals surface area contributed by atoms with E-state index in [1.54, 1.807) is 4.90 Å². The number of rotatable bonds is 62. The van der Waals surface area contributed by atoms with E-state index in [1.165, 1.54) is 0 Å². The van der Waals surface area contributed by atoms with Gasteiger partial charge in [-0.2, -0.15) is 0 Å². The minimum atomic E-state index is -3.65. The number of fused-ring (bicyclic) bond motifs is 2. The monoisotopic (exact) mass is 1600 g/mol. The number of unbranched alkanes of at least 4 members (excludes halogenated alkanes) is 10. The van der Waals surface area contributed by atoms with E-state index in [1.807, 2.05) is 6.92 Å². The predicted molar refractivity (Wildman–Crippen MR) is 389 cm³/mol. The van der Waals surface area contributed by atoms with Crippen molar-refractivity contribution in [2.75, 3.05) is 132 Å². The molecule has 6 heterocycles. The Morgan fingerprint density at radius 2 is 0.945 bits per heavy atom. The number of carbonyl (C=O) groups is 8. The van der Waals surface area contributed by atoms with Gasteiger partial charge in [-0.1, -0.05) is 38.5 Å². The molecule has 17 atom stereocenters. The van der Waals surface area contributed by atoms with E-state index in [0.29, 0.717) is 110 Å². The Hall–Kier alpha value is -4.81. The molecule has 0 aliphatic carbocycles. The maximum atomic E-state index is 13.9. The fraction of sp³-hybridized carbons (Fsp3) is 0.889. The molecular formula is C72H127N8O29P. The average molecular weight is 1600 g/mol. The summed E-state index contributed by atoms with van der Waals surface area (Å²) < 4.78 is 84.9. The smallest absolute Gasteiger partial charge is 0.325 e. The summed E-state index contributed by atoms with van der Waals surface area (Å²) in [5, 5.41) is 80.2. The molecule has 0 bridgehead atoms. The molecule has 634 valence electrons. The van der Waals surface area contributed by atoms with E-state index < -0.39 is 106 Å². The first-order chi connectivity index (χ1) is 52.9. The molecule has 0 saturated carbocycles. The molecule has 0 aromatic carbocycles. The fourth-order valence-electron chi connectivity index (χ4n) is 12.7. The standard InChI is InChI=1S/C72H127N8O29P/c1-49-52(45-101-49)107-69(51(82)43-81)98-37-14-11-22-55(83)74-31-19-34-77-59(87)28-41-104-72(79-61(89)25-9-7-5-3-4-6-8-10-26-62(90)80-36-17-21-50(80)44-106-110(2,95)96,105-42-29-60(88)78-35-20-32-75-57(85)24-13-16-39-100-71-66(94)64(92)68-54(109-71)47-103-68)48-97-40-27-58(86)76-33-18-30-73-56(84)23-12-15-38-99-70-65(93)63(91)67-53(108-70)46-102-67/h49-54,63-71,81-82,91-94H,3-48H2,1-2H3,(H,73,84)(H,74,83)(H,75,85)(H,76,86)(H,77,87)(H,78,88)(H,79,89)(H,95,96)/t49-,50+,51+,52?,53?,54?,63?,64?,65?,66?,67?,68?,69?,70?,71?,72?/m1/s1. The molecule has 6 aliphatic rings. The third-order valence-electron chi connectivity index (χ3n) is 19.5. The lowest BCUT2D eigenvalue weighted by atomic mass is 9.95. The molecule has 6 rings (SSSR count). The molecule has 6 saturated heterocycles. The summed E-state index contributed by atoms with van der Waals surface area (Å²) in [7, 11) is -3.65. The van der Waals surface area contributed by atoms with E-state index in [4.69, 9.17) is 61.4 Å². The zero-order valence-electron chi connectivity index (χ0n) is 64.2. The maximum Gasteiger partial charge on any atom is 0.325 e. The first kappa shape index (κ1) is 94.0. The van der Waals surface area contributed by atoms with Crippen molar-refractivity contribution in [2.24, 2.45) is 0 Å². The SMILES string of the molecule is C[C@H]1OCC1OC(OCCCCC(=O)NCCCNC(=O)CCOC(COCCC(=O)NCCCNC(=O)CCCCOC1OC2COC2C(O)C1O)(NC(=O)CCCCCCCCCCC(=O)N1CCC[C@H]1COP(C)(=O)O)OCCC(=O)NCCCNC(=O)CCCCOC1OC2COC2C(O)C1O)[C@@H](O)CO. The molecular weight excluding hydrogens is 1470 g/mol. The van der Waals surface area contributed by atoms with Gasteiger partial charge in [-0.3, -0.25) is 42.9 Å². The molecule has 8 amide bonds. The Morgan fingerprint density at radius 3 is 1.37 bits per heavy atom. The van der Waals surface area contributed by atoms with Gasteiger partial charge in [0, 0.05) is 111 Å². The summed E-state index contributed by atoms with van der Waals surface area (Å²) >= 11 is 0. The van der Waals surface area contributed by atoms with E-state index in [9.17, 15) is 78.5 Å². The van der Waals surface area contributed by atoms with Crippen LogP contribution >= 0.6 is 7.60 Å². The van der Waals surface area contributed by atoms with Crippen molar-refractivity contribution in [2.45, 2.75) is 278 Å². The van der Waals surface area contributed by atoms with Crippen molar-refractivity contribution in [1.29, 1.82) is 0 Å². The van der Waals surface area contributed by atoms with Crippen LogP contribution in [-0.4, -0.2) is 317 Å². The minimum Gasteiger partial charge on any atom is -0.393 e. The molecule has 0 radical (unpaired) electrons. The topological polar surface area (TPSA) is 503 Å². The zero-order valence-corrected chi connectivity index (χ0v) is 65.1. The van der Waals surface area contributed by atoms with Gasteiger partial charge in [-0.15, -0.1) is 0 Å². The number of ether oxygens (including phenoxy) is 12. The number of hydrogen-bond acceptors (Lipinski definition) is 28. The second-order valence-electron chi connectivity index (χ2n) is 28.7. The number of aliphatic hydroxyl groups is 6. The fourth-order valence-corrected chi connectivity index (χ4v) is 13.1. The molecule has 6 fully saturated rings. The Morgan fingerprint density at radius 1 is 0.518 bits per heavy atom. The second kappa shape index (κ2) is 52.6. The van der Waals surface area contributed by atoms with Crippen LogP contribution < -0.4 is 37.2 Å². The van der Waals surface area contributed by atoms with Crippen LogP contribution in [-0.2, 0) is 104 Å². The van der Waals surface area contributed by atoms with E-state index in [0.717, 1.165) is 51.6 Å². The number of nitrogens with one attached hydrogen (secondary N) is 7. The van der Waals surface area contributed by atoms with E-state index in [-0.39, 0.29) is 190 Å². The molecule has 110 heavy (non-hydrogen) atoms. The van der Waals surface area contributed by atoms with Crippen molar-refractivity contribution >= 4 is 54.9 Å². The molecule has 6 aliphatic heterocycles. The van der Waals surface area contributed by atoms with Crippen LogP contribution in [0.1, 0.15) is 180 Å². The molecule has 0 aromatic rings. The van der Waals surface area contributed by atoms with Crippen LogP contribution in [0.5, 0.6) is 0 Å². The minimum absolute atomic E-state index is 0.0139. The van der Waals surface area contributed by atoms with E-state index in [2.05, 4.69) is 37.2 Å². The number of amides is 8. The number of nitrogens with zero attached hydrogens (tertiary/aromatic N) is 1. The van der Waals surface area contributed by atoms with Crippen molar-refractivity contribution in [3.63, 3.8) is 0 Å². The van der Waals surface area contributed by atoms with E-state index >= 15 is 0 Å². The largest absolute Gasteiger partial charge is 0.393 e. The third-order valence-corrected chi connectivity index (χ3v) is 20.1. The molecule has 0 aromatic heterocycles. The van der Waals surface area contributed by atoms with Crippen LogP contribution in [0.15, 0.2) is 0 Å². The quantitative estimate of drug-likeness (QED) is 0.0203. The van der Waals surface area contributed by atoms with Gasteiger partial charge in [-0.05, 0) is 90.4 Å². The Balaban J connectivity index is 0.941. The van der Waals surface area contributed by atoms with Crippen molar-refractivity contribution in [3.05, 3.63) is 0 Å². The first-order valence-electron chi connectivity index (χ1n) is 39.6. The van der Waals surface area contributed by atoms with Gasteiger partial charge in [0.25, 0.3) is 5.91 Å². The summed E-state index contributed by atoms with van der Waals surface area (Å²) in [6.45, 7) is 4.75. The van der Waals surface area contributed by atoms with Gasteiger partial charge in [0.1, 0.15) is 67.6 Å². The van der Waals surface area contributed by atoms with Crippen LogP contribution in [0.3, 0.4) is 0 Å². The van der Waals surface area contributed by atoms with Gasteiger partial charge in [-0.25, -0.2) is 0 Å². The average Bonchev–Trinajstić information content (AvgIpc) is 0.910. The lowest BCUT2D eigenvalue weighted by molar-refractivity contribution is -0.350. The Labute approximate surface area is 644 Å². The van der Waals surface area contributed by atoms with Gasteiger partial charge in [0.15, 0.2) is 18.9 Å². The molecule has 0 spiro atoms. The highest BCUT2D eigenvalue weighted by Gasteiger charge is 2.52. The Bertz CT molecular complexity index is 2750. The Kier molecular flexibility index (Phi) is 45.0. The third kappa shape index (κ3) is 36.3. The van der Waals surface area contributed by atoms with Gasteiger partial charge >= 0.3 is 7.60 Å². The van der Waals surface area contributed by atoms with Gasteiger partial charge in [0.05, 0.1) is 77.8 Å². The number of aliphatic hydroxyl groups excluding tert-OH is 6. The number of carbonyl (C=O) groups excluding carboxylic acids is 8. The molecule has 14 N–H and O–H groups in total. The summed E-state index contributed by atoms with van der Waals surface area (Å²) in [6, 6.07) is -0.208. The summed E-state index contributed by atoms with van der Waals surface area (Å²) in [5.74, 6) is -4.38. The van der Waals surface area contributed by atoms with Gasteiger partial charge < -0.3 is 139 Å². The predicted octanol–water partition coefficient (Wildman–Crippen LogP) is -0.697.